The lowest BCUT2D eigenvalue weighted by Gasteiger charge is -2.25. The first-order valence-corrected chi connectivity index (χ1v) is 4.46. The van der Waals surface area contributed by atoms with E-state index < -0.39 is 11.4 Å². The maximum atomic E-state index is 11.1. The van der Waals surface area contributed by atoms with E-state index in [0.29, 0.717) is 12.8 Å². The molecule has 0 heterocycles. The van der Waals surface area contributed by atoms with Crippen LogP contribution in [0.25, 0.3) is 0 Å². The van der Waals surface area contributed by atoms with E-state index in [0.717, 1.165) is 0 Å². The molecule has 4 nitrogen and oxygen atoms in total. The Bertz CT molecular complexity index is 197. The highest BCUT2D eigenvalue weighted by molar-refractivity contribution is 5.84. The second-order valence-corrected chi connectivity index (χ2v) is 3.14. The van der Waals surface area contributed by atoms with Gasteiger partial charge in [-0.05, 0) is 12.8 Å². The summed E-state index contributed by atoms with van der Waals surface area (Å²) < 4.78 is 0. The number of carboxylic acids is 1. The van der Waals surface area contributed by atoms with E-state index in [1.165, 1.54) is 7.05 Å². The van der Waals surface area contributed by atoms with Gasteiger partial charge < -0.3 is 10.4 Å². The Kier molecular flexibility index (Phi) is 4.45. The zero-order chi connectivity index (χ0) is 10.5. The van der Waals surface area contributed by atoms with Gasteiger partial charge in [-0.3, -0.25) is 9.59 Å². The van der Waals surface area contributed by atoms with Crippen LogP contribution in [0.15, 0.2) is 0 Å². The number of carbonyl (C=O) groups excluding carboxylic acids is 1. The topological polar surface area (TPSA) is 66.4 Å². The maximum Gasteiger partial charge on any atom is 0.310 e. The highest BCUT2D eigenvalue weighted by Crippen LogP contribution is 2.30. The van der Waals surface area contributed by atoms with E-state index in [1.54, 1.807) is 13.8 Å². The molecule has 0 radical (unpaired) electrons. The van der Waals surface area contributed by atoms with Crippen molar-refractivity contribution in [1.29, 1.82) is 0 Å². The molecule has 0 fully saturated rings. The molecule has 13 heavy (non-hydrogen) atoms. The van der Waals surface area contributed by atoms with Gasteiger partial charge in [0.1, 0.15) is 0 Å². The molecule has 0 atom stereocenters. The summed E-state index contributed by atoms with van der Waals surface area (Å²) in [6.45, 7) is 3.58. The van der Waals surface area contributed by atoms with Crippen molar-refractivity contribution < 1.29 is 14.7 Å². The van der Waals surface area contributed by atoms with E-state index in [2.05, 4.69) is 5.32 Å². The van der Waals surface area contributed by atoms with Crippen molar-refractivity contribution in [2.45, 2.75) is 33.1 Å². The Morgan fingerprint density at radius 3 is 2.00 bits per heavy atom. The third kappa shape index (κ3) is 2.72. The van der Waals surface area contributed by atoms with Gasteiger partial charge in [0.05, 0.1) is 5.41 Å². The third-order valence-corrected chi connectivity index (χ3v) is 2.59. The molecule has 0 aromatic heterocycles. The SMILES string of the molecule is CCC(CC)(CC(=O)NC)C(=O)O. The van der Waals surface area contributed by atoms with Crippen molar-refractivity contribution in [1.82, 2.24) is 5.32 Å². The van der Waals surface area contributed by atoms with E-state index in [1.807, 2.05) is 0 Å². The molecule has 0 bridgehead atoms. The molecule has 0 aromatic rings. The van der Waals surface area contributed by atoms with Crippen molar-refractivity contribution in [3.63, 3.8) is 0 Å². The second kappa shape index (κ2) is 4.84. The number of rotatable bonds is 5. The summed E-state index contributed by atoms with van der Waals surface area (Å²) in [4.78, 5) is 22.0. The fourth-order valence-corrected chi connectivity index (χ4v) is 1.27. The summed E-state index contributed by atoms with van der Waals surface area (Å²) in [7, 11) is 1.51. The molecule has 0 unspecified atom stereocenters. The number of hydrogen-bond donors (Lipinski definition) is 2. The van der Waals surface area contributed by atoms with Gasteiger partial charge >= 0.3 is 5.97 Å². The maximum absolute atomic E-state index is 11.1. The van der Waals surface area contributed by atoms with E-state index in [4.69, 9.17) is 5.11 Å². The molecule has 4 heteroatoms. The van der Waals surface area contributed by atoms with Crippen LogP contribution in [-0.4, -0.2) is 24.0 Å². The van der Waals surface area contributed by atoms with Crippen LogP contribution >= 0.6 is 0 Å². The summed E-state index contributed by atoms with van der Waals surface area (Å²) in [5, 5.41) is 11.4. The van der Waals surface area contributed by atoms with Crippen molar-refractivity contribution in [3.8, 4) is 0 Å². The van der Waals surface area contributed by atoms with Crippen molar-refractivity contribution in [3.05, 3.63) is 0 Å². The molecule has 1 amide bonds. The summed E-state index contributed by atoms with van der Waals surface area (Å²) in [6.07, 6.45) is 1.02. The van der Waals surface area contributed by atoms with Gasteiger partial charge in [0.2, 0.25) is 5.91 Å². The number of nitrogens with one attached hydrogen (secondary N) is 1. The molecule has 0 aromatic carbocycles. The highest BCUT2D eigenvalue weighted by Gasteiger charge is 2.36. The molecule has 0 rings (SSSR count). The van der Waals surface area contributed by atoms with Crippen LogP contribution in [0.4, 0.5) is 0 Å². The number of carbonyl (C=O) groups is 2. The van der Waals surface area contributed by atoms with Gasteiger partial charge in [-0.1, -0.05) is 13.8 Å². The van der Waals surface area contributed by atoms with Gasteiger partial charge in [0.25, 0.3) is 0 Å². The minimum Gasteiger partial charge on any atom is -0.481 e. The lowest BCUT2D eigenvalue weighted by molar-refractivity contribution is -0.152. The van der Waals surface area contributed by atoms with Gasteiger partial charge in [0, 0.05) is 13.5 Å². The number of hydrogen-bond acceptors (Lipinski definition) is 2. The fourth-order valence-electron chi connectivity index (χ4n) is 1.27. The highest BCUT2D eigenvalue weighted by atomic mass is 16.4. The molecule has 0 aliphatic heterocycles. The third-order valence-electron chi connectivity index (χ3n) is 2.59. The fraction of sp³-hybridized carbons (Fsp3) is 0.778. The Morgan fingerprint density at radius 1 is 1.31 bits per heavy atom. The average molecular weight is 187 g/mol. The Labute approximate surface area is 78.3 Å². The summed E-state index contributed by atoms with van der Waals surface area (Å²) in [6, 6.07) is 0. The zero-order valence-corrected chi connectivity index (χ0v) is 8.39. The molecule has 2 N–H and O–H groups in total. The van der Waals surface area contributed by atoms with Crippen LogP contribution < -0.4 is 5.32 Å². The monoisotopic (exact) mass is 187 g/mol. The van der Waals surface area contributed by atoms with E-state index in [-0.39, 0.29) is 12.3 Å². The Hall–Kier alpha value is -1.06. The van der Waals surface area contributed by atoms with Crippen LogP contribution in [0, 0.1) is 5.41 Å². The van der Waals surface area contributed by atoms with Crippen LogP contribution in [-0.2, 0) is 9.59 Å². The standard InChI is InChI=1S/C9H17NO3/c1-4-9(5-2,8(12)13)6-7(11)10-3/h4-6H2,1-3H3,(H,10,11)(H,12,13). The average Bonchev–Trinajstić information content (AvgIpc) is 2.13. The lowest BCUT2D eigenvalue weighted by Crippen LogP contribution is -2.35. The summed E-state index contributed by atoms with van der Waals surface area (Å²) in [5.41, 5.74) is -0.889. The number of carboxylic acid groups (broad SMARTS) is 1. The lowest BCUT2D eigenvalue weighted by atomic mass is 9.79. The molecule has 0 aliphatic carbocycles. The molecule has 0 saturated carbocycles. The quantitative estimate of drug-likeness (QED) is 0.675. The molecular formula is C9H17NO3. The van der Waals surface area contributed by atoms with Crippen LogP contribution in [0.1, 0.15) is 33.1 Å². The molecule has 0 aliphatic rings. The van der Waals surface area contributed by atoms with Crippen LogP contribution in [0.5, 0.6) is 0 Å². The van der Waals surface area contributed by atoms with Crippen molar-refractivity contribution in [2.75, 3.05) is 7.05 Å². The predicted molar refractivity (Wildman–Crippen MR) is 49.3 cm³/mol. The summed E-state index contributed by atoms with van der Waals surface area (Å²) >= 11 is 0. The second-order valence-electron chi connectivity index (χ2n) is 3.14. The van der Waals surface area contributed by atoms with E-state index >= 15 is 0 Å². The summed E-state index contributed by atoms with van der Waals surface area (Å²) in [5.74, 6) is -1.10. The minimum atomic E-state index is -0.889. The number of aliphatic carboxylic acids is 1. The Balaban J connectivity index is 4.57. The first-order valence-electron chi connectivity index (χ1n) is 4.46. The molecular weight excluding hydrogens is 170 g/mol. The van der Waals surface area contributed by atoms with Gasteiger partial charge in [-0.25, -0.2) is 0 Å². The Morgan fingerprint density at radius 2 is 1.77 bits per heavy atom. The minimum absolute atomic E-state index is 0.0613. The van der Waals surface area contributed by atoms with Gasteiger partial charge in [-0.15, -0.1) is 0 Å². The van der Waals surface area contributed by atoms with Crippen molar-refractivity contribution >= 4 is 11.9 Å². The van der Waals surface area contributed by atoms with Crippen LogP contribution in [0.3, 0.4) is 0 Å². The van der Waals surface area contributed by atoms with Crippen LogP contribution in [0.2, 0.25) is 0 Å². The van der Waals surface area contributed by atoms with E-state index in [9.17, 15) is 9.59 Å². The van der Waals surface area contributed by atoms with Gasteiger partial charge in [0.15, 0.2) is 0 Å². The number of amides is 1. The van der Waals surface area contributed by atoms with Crippen molar-refractivity contribution in [2.24, 2.45) is 5.41 Å². The molecule has 0 saturated heterocycles. The molecule has 76 valence electrons. The first kappa shape index (κ1) is 11.9. The first-order chi connectivity index (χ1) is 6.02. The predicted octanol–water partition coefficient (Wildman–Crippen LogP) is 1.01. The molecule has 0 spiro atoms. The normalized spacial score (nSPS) is 11.0. The largest absolute Gasteiger partial charge is 0.481 e. The smallest absolute Gasteiger partial charge is 0.310 e. The zero-order valence-electron chi connectivity index (χ0n) is 8.39. The van der Waals surface area contributed by atoms with Gasteiger partial charge in [-0.2, -0.15) is 0 Å².